The average Bonchev–Trinajstić information content (AvgIpc) is 3.52. The third kappa shape index (κ3) is 5.96. The van der Waals surface area contributed by atoms with Gasteiger partial charge in [-0.3, -0.25) is 9.36 Å². The highest BCUT2D eigenvalue weighted by Crippen LogP contribution is 2.29. The molecule has 0 aliphatic carbocycles. The van der Waals surface area contributed by atoms with E-state index in [2.05, 4.69) is 20.5 Å². The van der Waals surface area contributed by atoms with Crippen LogP contribution in [0.25, 0.3) is 17.1 Å². The van der Waals surface area contributed by atoms with Crippen LogP contribution in [0.15, 0.2) is 90.2 Å². The molecule has 0 spiro atoms. The van der Waals surface area contributed by atoms with Crippen LogP contribution in [0, 0.1) is 0 Å². The first-order valence-corrected chi connectivity index (χ1v) is 13.5. The van der Waals surface area contributed by atoms with Crippen molar-refractivity contribution in [1.82, 2.24) is 19.7 Å². The molecule has 0 bridgehead atoms. The zero-order chi connectivity index (χ0) is 24.9. The highest BCUT2D eigenvalue weighted by molar-refractivity contribution is 7.99. The fraction of sp³-hybridized carbons (Fsp3) is 0.0769. The van der Waals surface area contributed by atoms with E-state index in [1.54, 1.807) is 6.20 Å². The summed E-state index contributed by atoms with van der Waals surface area (Å²) in [5, 5.41) is 14.2. The van der Waals surface area contributed by atoms with Crippen LogP contribution in [-0.2, 0) is 11.2 Å². The van der Waals surface area contributed by atoms with Gasteiger partial charge in [0.05, 0.1) is 5.75 Å². The van der Waals surface area contributed by atoms with Crippen molar-refractivity contribution in [2.24, 2.45) is 0 Å². The molecule has 3 aromatic carbocycles. The number of carbonyl (C=O) groups is 1. The van der Waals surface area contributed by atoms with Crippen molar-refractivity contribution in [3.8, 4) is 17.1 Å². The molecule has 0 saturated heterocycles. The van der Waals surface area contributed by atoms with Gasteiger partial charge < -0.3 is 5.32 Å². The van der Waals surface area contributed by atoms with Crippen molar-refractivity contribution in [3.05, 3.63) is 106 Å². The Bertz CT molecular complexity index is 1470. The molecule has 0 fully saturated rings. The quantitative estimate of drug-likeness (QED) is 0.210. The van der Waals surface area contributed by atoms with Crippen molar-refractivity contribution in [1.29, 1.82) is 0 Å². The second-order valence-electron chi connectivity index (χ2n) is 7.76. The first kappa shape index (κ1) is 24.5. The van der Waals surface area contributed by atoms with E-state index in [9.17, 15) is 4.79 Å². The van der Waals surface area contributed by atoms with Gasteiger partial charge in [-0.1, -0.05) is 77.4 Å². The van der Waals surface area contributed by atoms with Crippen LogP contribution in [0.3, 0.4) is 0 Å². The second-order valence-corrected chi connectivity index (χ2v) is 10.7. The van der Waals surface area contributed by atoms with Crippen molar-refractivity contribution in [2.75, 3.05) is 11.1 Å². The van der Waals surface area contributed by atoms with Crippen LogP contribution >= 0.6 is 46.3 Å². The molecule has 0 saturated carbocycles. The lowest BCUT2D eigenvalue weighted by Crippen LogP contribution is -2.14. The Hall–Kier alpha value is -3.17. The predicted molar refractivity (Wildman–Crippen MR) is 148 cm³/mol. The minimum Gasteiger partial charge on any atom is -0.301 e. The van der Waals surface area contributed by atoms with E-state index in [0.29, 0.717) is 26.2 Å². The summed E-state index contributed by atoms with van der Waals surface area (Å²) in [6.45, 7) is 0. The van der Waals surface area contributed by atoms with Crippen LogP contribution in [0.5, 0.6) is 0 Å². The van der Waals surface area contributed by atoms with Crippen LogP contribution < -0.4 is 5.32 Å². The molecule has 2 heterocycles. The van der Waals surface area contributed by atoms with Gasteiger partial charge in [0.15, 0.2) is 16.1 Å². The second kappa shape index (κ2) is 11.3. The fourth-order valence-electron chi connectivity index (χ4n) is 3.50. The third-order valence-corrected chi connectivity index (χ3v) is 7.52. The molecular weight excluding hydrogens is 533 g/mol. The smallest absolute Gasteiger partial charge is 0.236 e. The standard InChI is InChI=1S/C26H19Cl2N5OS2/c27-19-8-6-17(7-9-19)14-22-15-29-25(36-22)30-23(34)16-35-26-32-31-24(18-4-2-1-3-5-18)33(26)21-12-10-20(28)11-13-21/h1-13,15H,14,16H2,(H,29,30,34). The number of thiazole rings is 1. The maximum Gasteiger partial charge on any atom is 0.236 e. The Morgan fingerprint density at radius 2 is 1.61 bits per heavy atom. The summed E-state index contributed by atoms with van der Waals surface area (Å²) in [7, 11) is 0. The van der Waals surface area contributed by atoms with E-state index in [0.717, 1.165) is 28.1 Å². The van der Waals surface area contributed by atoms with E-state index < -0.39 is 0 Å². The van der Waals surface area contributed by atoms with Gasteiger partial charge in [-0.15, -0.1) is 21.5 Å². The molecule has 10 heteroatoms. The van der Waals surface area contributed by atoms with Gasteiger partial charge in [-0.05, 0) is 42.0 Å². The van der Waals surface area contributed by atoms with Crippen molar-refractivity contribution in [2.45, 2.75) is 11.6 Å². The van der Waals surface area contributed by atoms with Crippen LogP contribution in [0.1, 0.15) is 10.4 Å². The normalized spacial score (nSPS) is 10.9. The monoisotopic (exact) mass is 551 g/mol. The van der Waals surface area contributed by atoms with Crippen molar-refractivity contribution < 1.29 is 4.79 Å². The zero-order valence-electron chi connectivity index (χ0n) is 18.8. The first-order chi connectivity index (χ1) is 17.5. The van der Waals surface area contributed by atoms with E-state index in [1.165, 1.54) is 23.1 Å². The molecule has 0 aliphatic rings. The number of hydrogen-bond donors (Lipinski definition) is 1. The molecule has 36 heavy (non-hydrogen) atoms. The molecule has 0 atom stereocenters. The Labute approximate surface area is 226 Å². The molecule has 1 N–H and O–H groups in total. The van der Waals surface area contributed by atoms with E-state index in [4.69, 9.17) is 23.2 Å². The van der Waals surface area contributed by atoms with Gasteiger partial charge in [0.2, 0.25) is 5.91 Å². The Morgan fingerprint density at radius 3 is 2.33 bits per heavy atom. The Kier molecular flexibility index (Phi) is 7.67. The number of halogens is 2. The topological polar surface area (TPSA) is 72.7 Å². The van der Waals surface area contributed by atoms with Gasteiger partial charge in [-0.25, -0.2) is 4.98 Å². The largest absolute Gasteiger partial charge is 0.301 e. The number of rotatable bonds is 8. The van der Waals surface area contributed by atoms with Gasteiger partial charge in [0.1, 0.15) is 0 Å². The molecular formula is C26H19Cl2N5OS2. The van der Waals surface area contributed by atoms with Crippen LogP contribution in [-0.4, -0.2) is 31.4 Å². The third-order valence-electron chi connectivity index (χ3n) is 5.17. The first-order valence-electron chi connectivity index (χ1n) is 10.9. The summed E-state index contributed by atoms with van der Waals surface area (Å²) in [6.07, 6.45) is 2.51. The fourth-order valence-corrected chi connectivity index (χ4v) is 5.36. The minimum atomic E-state index is -0.167. The summed E-state index contributed by atoms with van der Waals surface area (Å²) >= 11 is 14.8. The highest BCUT2D eigenvalue weighted by Gasteiger charge is 2.18. The maximum absolute atomic E-state index is 12.7. The van der Waals surface area contributed by atoms with Crippen LogP contribution in [0.2, 0.25) is 10.0 Å². The molecule has 0 unspecified atom stereocenters. The molecule has 0 aliphatic heterocycles. The lowest BCUT2D eigenvalue weighted by atomic mass is 10.1. The summed E-state index contributed by atoms with van der Waals surface area (Å²) in [5.74, 6) is 0.680. The highest BCUT2D eigenvalue weighted by atomic mass is 35.5. The van der Waals surface area contributed by atoms with Crippen LogP contribution in [0.4, 0.5) is 5.13 Å². The molecule has 1 amide bonds. The maximum atomic E-state index is 12.7. The van der Waals surface area contributed by atoms with Gasteiger partial charge in [0.25, 0.3) is 0 Å². The zero-order valence-corrected chi connectivity index (χ0v) is 21.9. The lowest BCUT2D eigenvalue weighted by Gasteiger charge is -2.10. The number of hydrogen-bond acceptors (Lipinski definition) is 6. The number of nitrogens with one attached hydrogen (secondary N) is 1. The number of benzene rings is 3. The summed E-state index contributed by atoms with van der Waals surface area (Å²) < 4.78 is 1.93. The molecule has 2 aromatic heterocycles. The summed E-state index contributed by atoms with van der Waals surface area (Å²) in [4.78, 5) is 18.1. The van der Waals surface area contributed by atoms with Gasteiger partial charge >= 0.3 is 0 Å². The number of amides is 1. The molecule has 0 radical (unpaired) electrons. The van der Waals surface area contributed by atoms with Crippen molar-refractivity contribution in [3.63, 3.8) is 0 Å². The van der Waals surface area contributed by atoms with E-state index >= 15 is 0 Å². The summed E-state index contributed by atoms with van der Waals surface area (Å²) in [6, 6.07) is 24.9. The minimum absolute atomic E-state index is 0.159. The SMILES string of the molecule is O=C(CSc1nnc(-c2ccccc2)n1-c1ccc(Cl)cc1)Nc1ncc(Cc2ccc(Cl)cc2)s1. The molecule has 5 aromatic rings. The number of aromatic nitrogens is 4. The Balaban J connectivity index is 1.28. The van der Waals surface area contributed by atoms with Crippen molar-refractivity contribution >= 4 is 57.3 Å². The van der Waals surface area contributed by atoms with E-state index in [-0.39, 0.29) is 11.7 Å². The number of carbonyl (C=O) groups excluding carboxylic acids is 1. The molecule has 180 valence electrons. The van der Waals surface area contributed by atoms with Gasteiger partial charge in [-0.2, -0.15) is 0 Å². The number of thioether (sulfide) groups is 1. The van der Waals surface area contributed by atoms with E-state index in [1.807, 2.05) is 83.4 Å². The molecule has 5 rings (SSSR count). The van der Waals surface area contributed by atoms with Gasteiger partial charge in [0, 0.05) is 38.8 Å². The Morgan fingerprint density at radius 1 is 0.917 bits per heavy atom. The predicted octanol–water partition coefficient (Wildman–Crippen LogP) is 7.02. The molecule has 6 nitrogen and oxygen atoms in total. The summed E-state index contributed by atoms with van der Waals surface area (Å²) in [5.41, 5.74) is 2.91. The number of nitrogens with zero attached hydrogens (tertiary/aromatic N) is 4. The lowest BCUT2D eigenvalue weighted by molar-refractivity contribution is -0.113. The number of anilines is 1. The average molecular weight is 553 g/mol.